The number of likely N-dealkylation sites (tertiary alicyclic amines) is 1. The van der Waals surface area contributed by atoms with Gasteiger partial charge in [-0.1, -0.05) is 0 Å². The number of aliphatic carboxylic acids is 1. The minimum Gasteiger partial charge on any atom is -0.481 e. The summed E-state index contributed by atoms with van der Waals surface area (Å²) in [5.74, 6) is -1.17. The number of carboxylic acids is 1. The molecule has 1 aliphatic carbocycles. The number of carboxylic acid groups (broad SMARTS) is 1. The average molecular weight is 240 g/mol. The zero-order valence-corrected chi connectivity index (χ0v) is 10.3. The van der Waals surface area contributed by atoms with Gasteiger partial charge in [-0.15, -0.1) is 0 Å². The van der Waals surface area contributed by atoms with Crippen molar-refractivity contribution < 1.29 is 14.7 Å². The molecule has 1 saturated carbocycles. The summed E-state index contributed by atoms with van der Waals surface area (Å²) in [6.07, 6.45) is 4.84. The maximum Gasteiger partial charge on any atom is 0.320 e. The normalized spacial score (nSPS) is 25.2. The standard InChI is InChI=1S/C12H20N2O3/c1-13(10-5-2-6-10)12(17)14-7-3-4-9(8-14)11(15)16/h9-10H,2-8H2,1H3,(H,15,16). The molecule has 1 aliphatic heterocycles. The number of nitrogens with zero attached hydrogens (tertiary/aromatic N) is 2. The molecule has 1 N–H and O–H groups in total. The third-order valence-corrected chi connectivity index (χ3v) is 3.97. The van der Waals surface area contributed by atoms with Gasteiger partial charge in [0.25, 0.3) is 0 Å². The fourth-order valence-corrected chi connectivity index (χ4v) is 2.51. The van der Waals surface area contributed by atoms with E-state index in [1.54, 1.807) is 9.80 Å². The molecule has 5 nitrogen and oxygen atoms in total. The first kappa shape index (κ1) is 12.2. The Morgan fingerprint density at radius 2 is 1.94 bits per heavy atom. The molecular weight excluding hydrogens is 220 g/mol. The van der Waals surface area contributed by atoms with Gasteiger partial charge in [0, 0.05) is 26.2 Å². The Bertz CT molecular complexity index is 315. The summed E-state index contributed by atoms with van der Waals surface area (Å²) >= 11 is 0. The van der Waals surface area contributed by atoms with Crippen molar-refractivity contribution in [1.82, 2.24) is 9.80 Å². The minimum absolute atomic E-state index is 0.000602. The number of hydrogen-bond acceptors (Lipinski definition) is 2. The molecular formula is C12H20N2O3. The number of hydrogen-bond donors (Lipinski definition) is 1. The number of carbonyl (C=O) groups excluding carboxylic acids is 1. The van der Waals surface area contributed by atoms with Gasteiger partial charge in [0.1, 0.15) is 0 Å². The van der Waals surface area contributed by atoms with Crippen LogP contribution < -0.4 is 0 Å². The summed E-state index contributed by atoms with van der Waals surface area (Å²) in [6, 6.07) is 0.369. The van der Waals surface area contributed by atoms with Crippen LogP contribution in [0.25, 0.3) is 0 Å². The monoisotopic (exact) mass is 240 g/mol. The summed E-state index contributed by atoms with van der Waals surface area (Å²) in [6.45, 7) is 1.06. The predicted octanol–water partition coefficient (Wildman–Crippen LogP) is 1.39. The van der Waals surface area contributed by atoms with Crippen molar-refractivity contribution in [1.29, 1.82) is 0 Å². The lowest BCUT2D eigenvalue weighted by atomic mass is 9.92. The Balaban J connectivity index is 1.91. The van der Waals surface area contributed by atoms with Gasteiger partial charge in [0.05, 0.1) is 5.92 Å². The predicted molar refractivity (Wildman–Crippen MR) is 62.7 cm³/mol. The number of rotatable bonds is 2. The number of carbonyl (C=O) groups is 2. The smallest absolute Gasteiger partial charge is 0.320 e. The Hall–Kier alpha value is -1.26. The van der Waals surface area contributed by atoms with Gasteiger partial charge in [-0.25, -0.2) is 4.79 Å². The number of amides is 2. The van der Waals surface area contributed by atoms with Crippen molar-refractivity contribution >= 4 is 12.0 Å². The zero-order chi connectivity index (χ0) is 12.4. The van der Waals surface area contributed by atoms with E-state index in [1.165, 1.54) is 6.42 Å². The highest BCUT2D eigenvalue weighted by Gasteiger charge is 2.33. The highest BCUT2D eigenvalue weighted by atomic mass is 16.4. The summed E-state index contributed by atoms with van der Waals surface area (Å²) in [5, 5.41) is 8.99. The highest BCUT2D eigenvalue weighted by molar-refractivity contribution is 5.76. The first-order valence-corrected chi connectivity index (χ1v) is 6.34. The molecule has 5 heteroatoms. The van der Waals surface area contributed by atoms with E-state index in [2.05, 4.69) is 0 Å². The lowest BCUT2D eigenvalue weighted by Gasteiger charge is -2.40. The Labute approximate surface area is 101 Å². The van der Waals surface area contributed by atoms with E-state index in [0.29, 0.717) is 25.6 Å². The van der Waals surface area contributed by atoms with E-state index in [0.717, 1.165) is 19.3 Å². The molecule has 1 heterocycles. The van der Waals surface area contributed by atoms with Gasteiger partial charge >= 0.3 is 12.0 Å². The Morgan fingerprint density at radius 3 is 2.47 bits per heavy atom. The van der Waals surface area contributed by atoms with Crippen LogP contribution in [-0.4, -0.2) is 53.1 Å². The van der Waals surface area contributed by atoms with Crippen LogP contribution in [0.2, 0.25) is 0 Å². The lowest BCUT2D eigenvalue weighted by Crippen LogP contribution is -2.51. The molecule has 17 heavy (non-hydrogen) atoms. The van der Waals surface area contributed by atoms with E-state index in [-0.39, 0.29) is 11.9 Å². The van der Waals surface area contributed by atoms with Crippen molar-refractivity contribution in [2.45, 2.75) is 38.1 Å². The second kappa shape index (κ2) is 4.94. The third kappa shape index (κ3) is 2.53. The van der Waals surface area contributed by atoms with Crippen molar-refractivity contribution in [3.8, 4) is 0 Å². The summed E-state index contributed by atoms with van der Waals surface area (Å²) < 4.78 is 0. The second-order valence-corrected chi connectivity index (χ2v) is 5.10. The first-order chi connectivity index (χ1) is 8.09. The molecule has 0 aromatic rings. The first-order valence-electron chi connectivity index (χ1n) is 6.34. The minimum atomic E-state index is -0.784. The van der Waals surface area contributed by atoms with Crippen LogP contribution in [0.15, 0.2) is 0 Å². The Morgan fingerprint density at radius 1 is 1.24 bits per heavy atom. The fourth-order valence-electron chi connectivity index (χ4n) is 2.51. The average Bonchev–Trinajstić information content (AvgIpc) is 2.25. The molecule has 2 rings (SSSR count). The van der Waals surface area contributed by atoms with E-state index in [9.17, 15) is 9.59 Å². The molecule has 96 valence electrons. The van der Waals surface area contributed by atoms with Crippen molar-refractivity contribution in [3.05, 3.63) is 0 Å². The number of piperidine rings is 1. The largest absolute Gasteiger partial charge is 0.481 e. The topological polar surface area (TPSA) is 60.9 Å². The summed E-state index contributed by atoms with van der Waals surface area (Å²) in [5.41, 5.74) is 0. The lowest BCUT2D eigenvalue weighted by molar-refractivity contribution is -0.143. The van der Waals surface area contributed by atoms with Crippen molar-refractivity contribution in [2.75, 3.05) is 20.1 Å². The van der Waals surface area contributed by atoms with Gasteiger partial charge in [-0.05, 0) is 32.1 Å². The third-order valence-electron chi connectivity index (χ3n) is 3.97. The van der Waals surface area contributed by atoms with Crippen LogP contribution in [0.5, 0.6) is 0 Å². The summed E-state index contributed by atoms with van der Waals surface area (Å²) in [4.78, 5) is 26.6. The molecule has 0 aromatic heterocycles. The SMILES string of the molecule is CN(C(=O)N1CCCC(C(=O)O)C1)C1CCC1. The van der Waals surface area contributed by atoms with Crippen molar-refractivity contribution in [3.63, 3.8) is 0 Å². The van der Waals surface area contributed by atoms with Gasteiger partial charge in [-0.3, -0.25) is 4.79 Å². The van der Waals surface area contributed by atoms with Crippen LogP contribution in [0.3, 0.4) is 0 Å². The molecule has 1 atom stereocenters. The molecule has 1 saturated heterocycles. The second-order valence-electron chi connectivity index (χ2n) is 5.10. The molecule has 0 radical (unpaired) electrons. The van der Waals surface area contributed by atoms with Crippen LogP contribution in [0.1, 0.15) is 32.1 Å². The molecule has 0 spiro atoms. The maximum absolute atomic E-state index is 12.2. The molecule has 0 bridgehead atoms. The number of urea groups is 1. The van der Waals surface area contributed by atoms with Gasteiger partial charge in [-0.2, -0.15) is 0 Å². The van der Waals surface area contributed by atoms with Crippen LogP contribution in [0, 0.1) is 5.92 Å². The maximum atomic E-state index is 12.2. The molecule has 2 aliphatic rings. The van der Waals surface area contributed by atoms with E-state index >= 15 is 0 Å². The molecule has 0 aromatic carbocycles. The summed E-state index contributed by atoms with van der Waals surface area (Å²) in [7, 11) is 1.83. The van der Waals surface area contributed by atoms with Gasteiger partial charge in [0.15, 0.2) is 0 Å². The van der Waals surface area contributed by atoms with Crippen LogP contribution >= 0.6 is 0 Å². The van der Waals surface area contributed by atoms with Gasteiger partial charge < -0.3 is 14.9 Å². The highest BCUT2D eigenvalue weighted by Crippen LogP contribution is 2.25. The van der Waals surface area contributed by atoms with E-state index < -0.39 is 5.97 Å². The van der Waals surface area contributed by atoms with E-state index in [4.69, 9.17) is 5.11 Å². The Kier molecular flexibility index (Phi) is 3.54. The quantitative estimate of drug-likeness (QED) is 0.793. The van der Waals surface area contributed by atoms with Crippen molar-refractivity contribution in [2.24, 2.45) is 5.92 Å². The zero-order valence-electron chi connectivity index (χ0n) is 10.3. The fraction of sp³-hybridized carbons (Fsp3) is 0.833. The van der Waals surface area contributed by atoms with Crippen LogP contribution in [0.4, 0.5) is 4.79 Å². The molecule has 1 unspecified atom stereocenters. The van der Waals surface area contributed by atoms with Crippen LogP contribution in [-0.2, 0) is 4.79 Å². The van der Waals surface area contributed by atoms with E-state index in [1.807, 2.05) is 7.05 Å². The molecule has 2 amide bonds. The molecule has 2 fully saturated rings. The van der Waals surface area contributed by atoms with Gasteiger partial charge in [0.2, 0.25) is 0 Å².